The fraction of sp³-hybridized carbons (Fsp3) is 0.514. The Balaban J connectivity index is 1.59. The highest BCUT2D eigenvalue weighted by Crippen LogP contribution is 2.38. The summed E-state index contributed by atoms with van der Waals surface area (Å²) in [6, 6.07) is 17.6. The number of rotatable bonds is 24. The fourth-order valence-electron chi connectivity index (χ4n) is 4.22. The minimum absolute atomic E-state index is 0.00353. The highest BCUT2D eigenvalue weighted by Gasteiger charge is 2.39. The van der Waals surface area contributed by atoms with Gasteiger partial charge in [0.15, 0.2) is 19.8 Å². The van der Waals surface area contributed by atoms with E-state index in [1.54, 1.807) is 36.4 Å². The molecule has 49 heavy (non-hydrogen) atoms. The second-order valence-electron chi connectivity index (χ2n) is 13.0. The summed E-state index contributed by atoms with van der Waals surface area (Å²) in [5.41, 5.74) is 1.61. The van der Waals surface area contributed by atoms with E-state index in [0.29, 0.717) is 76.6 Å². The molecule has 272 valence electrons. The van der Waals surface area contributed by atoms with E-state index in [4.69, 9.17) is 38.0 Å². The molecule has 0 spiro atoms. The van der Waals surface area contributed by atoms with Gasteiger partial charge in [0.2, 0.25) is 0 Å². The van der Waals surface area contributed by atoms with Crippen LogP contribution in [-0.4, -0.2) is 85.5 Å². The Hall–Kier alpha value is -3.10. The van der Waals surface area contributed by atoms with Gasteiger partial charge in [0, 0.05) is 19.2 Å². The predicted molar refractivity (Wildman–Crippen MR) is 188 cm³/mol. The second kappa shape index (κ2) is 21.2. The number of halogens is 2. The van der Waals surface area contributed by atoms with Crippen LogP contribution in [0.3, 0.4) is 0 Å². The molecule has 9 nitrogen and oxygen atoms in total. The van der Waals surface area contributed by atoms with Gasteiger partial charge in [-0.3, -0.25) is 0 Å². The van der Waals surface area contributed by atoms with Gasteiger partial charge in [-0.2, -0.15) is 0 Å². The maximum absolute atomic E-state index is 13.5. The molecule has 0 radical (unpaired) electrons. The van der Waals surface area contributed by atoms with Crippen molar-refractivity contribution in [1.29, 1.82) is 0 Å². The number of aliphatic hydroxyl groups is 1. The second-order valence-corrected chi connectivity index (χ2v) is 17.8. The molecule has 3 rings (SSSR count). The molecule has 0 amide bonds. The van der Waals surface area contributed by atoms with Crippen LogP contribution in [0, 0.1) is 11.6 Å². The van der Waals surface area contributed by atoms with Crippen LogP contribution in [-0.2, 0) is 31.9 Å². The first-order valence-electron chi connectivity index (χ1n) is 16.7. The Morgan fingerprint density at radius 1 is 0.694 bits per heavy atom. The molecule has 3 aromatic rings. The average Bonchev–Trinajstić information content (AvgIpc) is 3.07. The lowest BCUT2D eigenvalue weighted by molar-refractivity contribution is 0.00790. The molecule has 0 aromatic heterocycles. The van der Waals surface area contributed by atoms with Gasteiger partial charge in [-0.05, 0) is 65.7 Å². The SMILES string of the molecule is CC(C)(C)[Si](C)(C)OC(CNCCOCCOCCOCCO)COc1ccc(OCc2ccc(F)cc2)c(OCc2ccc(F)cc2)c1. The molecule has 0 fully saturated rings. The van der Waals surface area contributed by atoms with Gasteiger partial charge < -0.3 is 43.3 Å². The maximum atomic E-state index is 13.5. The molecular weight excluding hydrogens is 652 g/mol. The van der Waals surface area contributed by atoms with Crippen LogP contribution in [0.4, 0.5) is 8.78 Å². The van der Waals surface area contributed by atoms with Crippen molar-refractivity contribution in [3.8, 4) is 17.2 Å². The van der Waals surface area contributed by atoms with E-state index in [9.17, 15) is 8.78 Å². The Morgan fingerprint density at radius 3 is 1.78 bits per heavy atom. The largest absolute Gasteiger partial charge is 0.491 e. The summed E-state index contributed by atoms with van der Waals surface area (Å²) in [4.78, 5) is 0. The molecule has 0 aliphatic rings. The van der Waals surface area contributed by atoms with E-state index >= 15 is 0 Å². The zero-order valence-corrected chi connectivity index (χ0v) is 30.5. The number of benzene rings is 3. The van der Waals surface area contributed by atoms with Crippen molar-refractivity contribution in [2.45, 2.75) is 58.2 Å². The third-order valence-corrected chi connectivity index (χ3v) is 12.5. The fourth-order valence-corrected chi connectivity index (χ4v) is 5.56. The lowest BCUT2D eigenvalue weighted by Crippen LogP contribution is -2.48. The summed E-state index contributed by atoms with van der Waals surface area (Å²) >= 11 is 0. The molecule has 2 N–H and O–H groups in total. The molecule has 0 aliphatic carbocycles. The monoisotopic (exact) mass is 705 g/mol. The summed E-state index contributed by atoms with van der Waals surface area (Å²) < 4.78 is 68.3. The third kappa shape index (κ3) is 15.5. The molecule has 0 bridgehead atoms. The predicted octanol–water partition coefficient (Wildman–Crippen LogP) is 6.52. The van der Waals surface area contributed by atoms with Crippen LogP contribution >= 0.6 is 0 Å². The van der Waals surface area contributed by atoms with Crippen molar-refractivity contribution < 1.29 is 46.7 Å². The van der Waals surface area contributed by atoms with Crippen LogP contribution in [0.15, 0.2) is 66.7 Å². The van der Waals surface area contributed by atoms with Crippen molar-refractivity contribution in [3.05, 3.63) is 89.5 Å². The van der Waals surface area contributed by atoms with E-state index in [1.165, 1.54) is 24.3 Å². The van der Waals surface area contributed by atoms with Crippen molar-refractivity contribution in [3.63, 3.8) is 0 Å². The summed E-state index contributed by atoms with van der Waals surface area (Å²) in [5.74, 6) is 0.906. The van der Waals surface area contributed by atoms with E-state index in [1.807, 2.05) is 6.07 Å². The van der Waals surface area contributed by atoms with Gasteiger partial charge >= 0.3 is 0 Å². The van der Waals surface area contributed by atoms with Gasteiger partial charge in [-0.15, -0.1) is 0 Å². The maximum Gasteiger partial charge on any atom is 0.192 e. The average molecular weight is 706 g/mol. The minimum Gasteiger partial charge on any atom is -0.491 e. The molecule has 12 heteroatoms. The number of aliphatic hydroxyl groups excluding tert-OH is 1. The number of ether oxygens (including phenoxy) is 6. The van der Waals surface area contributed by atoms with Crippen molar-refractivity contribution in [1.82, 2.24) is 5.32 Å². The lowest BCUT2D eigenvalue weighted by Gasteiger charge is -2.39. The molecule has 1 atom stereocenters. The summed E-state index contributed by atoms with van der Waals surface area (Å²) in [6.45, 7) is 15.7. The highest BCUT2D eigenvalue weighted by molar-refractivity contribution is 6.74. The van der Waals surface area contributed by atoms with Crippen molar-refractivity contribution in [2.24, 2.45) is 0 Å². The van der Waals surface area contributed by atoms with Gasteiger partial charge in [-0.1, -0.05) is 45.0 Å². The van der Waals surface area contributed by atoms with Gasteiger partial charge in [0.05, 0.1) is 52.4 Å². The Morgan fingerprint density at radius 2 is 1.22 bits per heavy atom. The van der Waals surface area contributed by atoms with E-state index in [0.717, 1.165) is 11.1 Å². The van der Waals surface area contributed by atoms with Gasteiger partial charge in [0.25, 0.3) is 0 Å². The van der Waals surface area contributed by atoms with E-state index in [2.05, 4.69) is 39.2 Å². The summed E-state index contributed by atoms with van der Waals surface area (Å²) in [6.07, 6.45) is -0.221. The van der Waals surface area contributed by atoms with E-state index in [-0.39, 0.29) is 42.6 Å². The quantitative estimate of drug-likeness (QED) is 0.0798. The summed E-state index contributed by atoms with van der Waals surface area (Å²) in [7, 11) is -2.12. The summed E-state index contributed by atoms with van der Waals surface area (Å²) in [5, 5.41) is 12.2. The zero-order chi connectivity index (χ0) is 35.5. The number of nitrogens with one attached hydrogen (secondary N) is 1. The first-order chi connectivity index (χ1) is 23.5. The van der Waals surface area contributed by atoms with Crippen molar-refractivity contribution >= 4 is 8.32 Å². The van der Waals surface area contributed by atoms with Crippen LogP contribution in [0.1, 0.15) is 31.9 Å². The van der Waals surface area contributed by atoms with Gasteiger partial charge in [-0.25, -0.2) is 8.78 Å². The van der Waals surface area contributed by atoms with Gasteiger partial charge in [0.1, 0.15) is 37.2 Å². The molecule has 0 heterocycles. The Labute approximate surface area is 290 Å². The number of hydrogen-bond donors (Lipinski definition) is 2. The third-order valence-electron chi connectivity index (χ3n) is 8.01. The molecule has 0 aliphatic heterocycles. The van der Waals surface area contributed by atoms with Crippen molar-refractivity contribution in [2.75, 3.05) is 65.9 Å². The normalized spacial score (nSPS) is 12.6. The van der Waals surface area contributed by atoms with Crippen LogP contribution in [0.25, 0.3) is 0 Å². The Bertz CT molecular complexity index is 1340. The first kappa shape index (κ1) is 40.3. The number of hydrogen-bond acceptors (Lipinski definition) is 9. The van der Waals surface area contributed by atoms with Crippen LogP contribution in [0.2, 0.25) is 18.1 Å². The molecule has 3 aromatic carbocycles. The molecular formula is C37H53F2NO8Si. The zero-order valence-electron chi connectivity index (χ0n) is 29.5. The standard InChI is InChI=1S/C37H53F2NO8Si/c1-37(2,3)49(4,5)48-34(25-40-16-18-42-20-22-44-23-21-43-19-17-41)28-45-33-14-15-35(46-26-29-6-10-31(38)11-7-29)36(24-33)47-27-30-8-12-32(39)13-9-30/h6-15,24,34,40-41H,16-23,25-28H2,1-5H3. The Kier molecular flexibility index (Phi) is 17.4. The topological polar surface area (TPSA) is 96.9 Å². The first-order valence-corrected chi connectivity index (χ1v) is 19.6. The molecule has 0 saturated carbocycles. The van der Waals surface area contributed by atoms with E-state index < -0.39 is 8.32 Å². The van der Waals surface area contributed by atoms with Crippen LogP contribution < -0.4 is 19.5 Å². The van der Waals surface area contributed by atoms with Crippen LogP contribution in [0.5, 0.6) is 17.2 Å². The highest BCUT2D eigenvalue weighted by atomic mass is 28.4. The minimum atomic E-state index is -2.12. The lowest BCUT2D eigenvalue weighted by atomic mass is 10.2. The molecule has 1 unspecified atom stereocenters. The molecule has 0 saturated heterocycles. The smallest absolute Gasteiger partial charge is 0.192 e.